The van der Waals surface area contributed by atoms with Gasteiger partial charge in [-0.25, -0.2) is 4.98 Å². The molecule has 0 bridgehead atoms. The average molecular weight is 309 g/mol. The zero-order chi connectivity index (χ0) is 9.42. The molecule has 68 valence electrons. The smallest absolute Gasteiger partial charge is 0.138 e. The van der Waals surface area contributed by atoms with Crippen molar-refractivity contribution in [2.75, 3.05) is 0 Å². The molecule has 13 heavy (non-hydrogen) atoms. The molecule has 0 aliphatic carbocycles. The average Bonchev–Trinajstić information content (AvgIpc) is 2.54. The van der Waals surface area contributed by atoms with E-state index in [-0.39, 0.29) is 6.61 Å². The van der Waals surface area contributed by atoms with E-state index in [2.05, 4.69) is 9.97 Å². The van der Waals surface area contributed by atoms with Gasteiger partial charge in [-0.15, -0.1) is 0 Å². The van der Waals surface area contributed by atoms with E-state index in [0.717, 1.165) is 16.6 Å². The van der Waals surface area contributed by atoms with Gasteiger partial charge >= 0.3 is 0 Å². The number of nitrogens with one attached hydrogen (secondary N) is 1. The monoisotopic (exact) mass is 308 g/mol. The molecular formula is C8H6ClIN2O. The minimum absolute atomic E-state index is 0.0638. The minimum atomic E-state index is -0.0638. The Labute approximate surface area is 93.3 Å². The third-order valence-corrected chi connectivity index (χ3v) is 3.37. The summed E-state index contributed by atoms with van der Waals surface area (Å²) in [6.45, 7) is -0.0638. The van der Waals surface area contributed by atoms with Crippen LogP contribution in [0.3, 0.4) is 0 Å². The normalized spacial score (nSPS) is 11.0. The van der Waals surface area contributed by atoms with Crippen molar-refractivity contribution in [1.29, 1.82) is 0 Å². The SMILES string of the molecule is OCc1c(Cl)c(I)nc2[nH]ccc12. The molecule has 0 spiro atoms. The van der Waals surface area contributed by atoms with Crippen molar-refractivity contribution < 1.29 is 5.11 Å². The van der Waals surface area contributed by atoms with Gasteiger partial charge in [0, 0.05) is 17.1 Å². The maximum atomic E-state index is 9.13. The molecule has 2 N–H and O–H groups in total. The summed E-state index contributed by atoms with van der Waals surface area (Å²) in [7, 11) is 0. The molecule has 0 aromatic carbocycles. The predicted octanol–water partition coefficient (Wildman–Crippen LogP) is 2.31. The maximum Gasteiger partial charge on any atom is 0.138 e. The Hall–Kier alpha value is -0.330. The molecule has 2 rings (SSSR count). The van der Waals surface area contributed by atoms with Crippen molar-refractivity contribution in [1.82, 2.24) is 9.97 Å². The fraction of sp³-hybridized carbons (Fsp3) is 0.125. The van der Waals surface area contributed by atoms with Crippen molar-refractivity contribution in [2.24, 2.45) is 0 Å². The largest absolute Gasteiger partial charge is 0.392 e. The maximum absolute atomic E-state index is 9.13. The summed E-state index contributed by atoms with van der Waals surface area (Å²) >= 11 is 8.03. The molecule has 0 radical (unpaired) electrons. The van der Waals surface area contributed by atoms with Crippen molar-refractivity contribution in [3.8, 4) is 0 Å². The first-order valence-electron chi connectivity index (χ1n) is 3.66. The van der Waals surface area contributed by atoms with Gasteiger partial charge < -0.3 is 10.1 Å². The highest BCUT2D eigenvalue weighted by molar-refractivity contribution is 14.1. The van der Waals surface area contributed by atoms with Gasteiger partial charge in [-0.1, -0.05) is 11.6 Å². The highest BCUT2D eigenvalue weighted by Crippen LogP contribution is 2.27. The minimum Gasteiger partial charge on any atom is -0.392 e. The van der Waals surface area contributed by atoms with E-state index < -0.39 is 0 Å². The van der Waals surface area contributed by atoms with Crippen molar-refractivity contribution in [3.05, 3.63) is 26.5 Å². The molecule has 0 unspecified atom stereocenters. The second-order valence-electron chi connectivity index (χ2n) is 2.59. The molecule has 3 nitrogen and oxygen atoms in total. The molecule has 0 amide bonds. The summed E-state index contributed by atoms with van der Waals surface area (Å²) in [4.78, 5) is 7.21. The van der Waals surface area contributed by atoms with E-state index in [0.29, 0.717) is 8.72 Å². The summed E-state index contributed by atoms with van der Waals surface area (Å²) < 4.78 is 0.707. The number of rotatable bonds is 1. The van der Waals surface area contributed by atoms with Crippen LogP contribution in [0, 0.1) is 3.70 Å². The second-order valence-corrected chi connectivity index (χ2v) is 3.99. The van der Waals surface area contributed by atoms with Crippen molar-refractivity contribution >= 4 is 45.2 Å². The van der Waals surface area contributed by atoms with Crippen LogP contribution in [0.1, 0.15) is 5.56 Å². The topological polar surface area (TPSA) is 48.9 Å². The lowest BCUT2D eigenvalue weighted by molar-refractivity contribution is 0.283. The fourth-order valence-corrected chi connectivity index (χ4v) is 2.01. The van der Waals surface area contributed by atoms with Crippen LogP contribution in [-0.4, -0.2) is 15.1 Å². The Morgan fingerprint density at radius 2 is 2.38 bits per heavy atom. The molecule has 0 atom stereocenters. The first kappa shape index (κ1) is 9.23. The first-order valence-corrected chi connectivity index (χ1v) is 5.11. The number of pyridine rings is 1. The van der Waals surface area contributed by atoms with Gasteiger partial charge in [0.2, 0.25) is 0 Å². The van der Waals surface area contributed by atoms with E-state index in [9.17, 15) is 0 Å². The lowest BCUT2D eigenvalue weighted by Gasteiger charge is -2.03. The number of nitrogens with zero attached hydrogens (tertiary/aromatic N) is 1. The Morgan fingerprint density at radius 1 is 1.62 bits per heavy atom. The number of aliphatic hydroxyl groups is 1. The van der Waals surface area contributed by atoms with Crippen LogP contribution < -0.4 is 0 Å². The summed E-state index contributed by atoms with van der Waals surface area (Å²) in [5.41, 5.74) is 1.50. The third-order valence-electron chi connectivity index (χ3n) is 1.86. The number of hydrogen-bond donors (Lipinski definition) is 2. The molecule has 0 saturated carbocycles. The summed E-state index contributed by atoms with van der Waals surface area (Å²) in [5.74, 6) is 0. The second kappa shape index (κ2) is 3.43. The van der Waals surface area contributed by atoms with Crippen molar-refractivity contribution in [3.63, 3.8) is 0 Å². The third kappa shape index (κ3) is 1.43. The lowest BCUT2D eigenvalue weighted by Crippen LogP contribution is -1.92. The fourth-order valence-electron chi connectivity index (χ4n) is 1.24. The lowest BCUT2D eigenvalue weighted by atomic mass is 10.2. The van der Waals surface area contributed by atoms with Gasteiger partial charge in [-0.2, -0.15) is 0 Å². The predicted molar refractivity (Wildman–Crippen MR) is 59.7 cm³/mol. The molecule has 2 aromatic heterocycles. The Bertz CT molecular complexity index is 455. The van der Waals surface area contributed by atoms with E-state index >= 15 is 0 Å². The number of halogens is 2. The standard InChI is InChI=1S/C8H6ClIN2O/c9-6-5(3-13)4-1-2-11-8(4)12-7(6)10/h1-2,13H,3H2,(H,11,12). The van der Waals surface area contributed by atoms with Crippen LogP contribution in [0.15, 0.2) is 12.3 Å². The van der Waals surface area contributed by atoms with Gasteiger partial charge in [0.1, 0.15) is 9.35 Å². The quantitative estimate of drug-likeness (QED) is 0.627. The van der Waals surface area contributed by atoms with Crippen LogP contribution in [-0.2, 0) is 6.61 Å². The zero-order valence-corrected chi connectivity index (χ0v) is 9.43. The zero-order valence-electron chi connectivity index (χ0n) is 6.51. The summed E-state index contributed by atoms with van der Waals surface area (Å²) in [6, 6.07) is 1.86. The molecule has 5 heteroatoms. The number of fused-ring (bicyclic) bond motifs is 1. The summed E-state index contributed by atoms with van der Waals surface area (Å²) in [5, 5.41) is 10.5. The van der Waals surface area contributed by atoms with Crippen LogP contribution in [0.5, 0.6) is 0 Å². The number of aromatic amines is 1. The summed E-state index contributed by atoms with van der Waals surface area (Å²) in [6.07, 6.45) is 1.78. The molecule has 2 aromatic rings. The number of H-pyrrole nitrogens is 1. The van der Waals surface area contributed by atoms with Gasteiger partial charge in [-0.05, 0) is 28.7 Å². The molecule has 2 heterocycles. The van der Waals surface area contributed by atoms with Crippen LogP contribution >= 0.6 is 34.2 Å². The van der Waals surface area contributed by atoms with Crippen molar-refractivity contribution in [2.45, 2.75) is 6.61 Å². The first-order chi connectivity index (χ1) is 6.24. The molecule has 0 aliphatic rings. The number of aliphatic hydroxyl groups excluding tert-OH is 1. The number of hydrogen-bond acceptors (Lipinski definition) is 2. The van der Waals surface area contributed by atoms with Crippen LogP contribution in [0.2, 0.25) is 5.02 Å². The molecule has 0 aliphatic heterocycles. The van der Waals surface area contributed by atoms with E-state index in [4.69, 9.17) is 16.7 Å². The van der Waals surface area contributed by atoms with Crippen LogP contribution in [0.4, 0.5) is 0 Å². The van der Waals surface area contributed by atoms with E-state index in [1.54, 1.807) is 6.20 Å². The molecular weight excluding hydrogens is 302 g/mol. The Morgan fingerprint density at radius 3 is 3.08 bits per heavy atom. The van der Waals surface area contributed by atoms with Gasteiger partial charge in [0.25, 0.3) is 0 Å². The molecule has 0 fully saturated rings. The Balaban J connectivity index is 2.87. The Kier molecular flexibility index (Phi) is 2.44. The highest BCUT2D eigenvalue weighted by Gasteiger charge is 2.10. The van der Waals surface area contributed by atoms with E-state index in [1.165, 1.54) is 0 Å². The van der Waals surface area contributed by atoms with Crippen LogP contribution in [0.25, 0.3) is 11.0 Å². The van der Waals surface area contributed by atoms with Gasteiger partial charge in [0.15, 0.2) is 0 Å². The van der Waals surface area contributed by atoms with Gasteiger partial charge in [0.05, 0.1) is 11.6 Å². The van der Waals surface area contributed by atoms with Gasteiger partial charge in [-0.3, -0.25) is 0 Å². The van der Waals surface area contributed by atoms with E-state index in [1.807, 2.05) is 28.7 Å². The molecule has 0 saturated heterocycles. The number of aromatic nitrogens is 2. The highest BCUT2D eigenvalue weighted by atomic mass is 127.